The fourth-order valence-electron chi connectivity index (χ4n) is 1.76. The van der Waals surface area contributed by atoms with E-state index in [2.05, 4.69) is 31.4 Å². The molecule has 4 heteroatoms. The van der Waals surface area contributed by atoms with Crippen LogP contribution in [0.2, 0.25) is 10.0 Å². The predicted molar refractivity (Wildman–Crippen MR) is 85.4 cm³/mol. The van der Waals surface area contributed by atoms with Gasteiger partial charge < -0.3 is 10.6 Å². The van der Waals surface area contributed by atoms with Gasteiger partial charge in [-0.3, -0.25) is 0 Å². The Labute approximate surface area is 126 Å². The summed E-state index contributed by atoms with van der Waals surface area (Å²) in [6.07, 6.45) is 2.03. The van der Waals surface area contributed by atoms with Crippen LogP contribution in [0.15, 0.2) is 18.2 Å². The second-order valence-corrected chi connectivity index (χ2v) is 6.61. The quantitative estimate of drug-likeness (QED) is 0.746. The van der Waals surface area contributed by atoms with Crippen molar-refractivity contribution in [3.8, 4) is 0 Å². The van der Waals surface area contributed by atoms with Crippen molar-refractivity contribution in [3.05, 3.63) is 33.8 Å². The highest BCUT2D eigenvalue weighted by Crippen LogP contribution is 2.20. The Morgan fingerprint density at radius 1 is 1.05 bits per heavy atom. The van der Waals surface area contributed by atoms with Crippen molar-refractivity contribution in [2.24, 2.45) is 0 Å². The van der Waals surface area contributed by atoms with E-state index in [1.807, 2.05) is 18.2 Å². The van der Waals surface area contributed by atoms with Crippen molar-refractivity contribution in [1.29, 1.82) is 0 Å². The molecule has 0 aromatic heterocycles. The highest BCUT2D eigenvalue weighted by Gasteiger charge is 2.06. The van der Waals surface area contributed by atoms with E-state index in [4.69, 9.17) is 23.2 Å². The number of hydrogen-bond acceptors (Lipinski definition) is 2. The van der Waals surface area contributed by atoms with Crippen LogP contribution in [-0.2, 0) is 6.42 Å². The molecule has 0 aliphatic carbocycles. The molecule has 0 spiro atoms. The Bertz CT molecular complexity index is 386. The maximum Gasteiger partial charge on any atom is 0.0439 e. The summed E-state index contributed by atoms with van der Waals surface area (Å²) in [7, 11) is 0. The van der Waals surface area contributed by atoms with Crippen LogP contribution in [0.3, 0.4) is 0 Å². The van der Waals surface area contributed by atoms with Gasteiger partial charge >= 0.3 is 0 Å². The Morgan fingerprint density at radius 2 is 1.79 bits per heavy atom. The number of benzene rings is 1. The Hall–Kier alpha value is -0.280. The summed E-state index contributed by atoms with van der Waals surface area (Å²) >= 11 is 12.1. The minimum atomic E-state index is 0.203. The lowest BCUT2D eigenvalue weighted by atomic mass is 10.1. The van der Waals surface area contributed by atoms with E-state index in [1.54, 1.807) is 0 Å². The lowest BCUT2D eigenvalue weighted by Crippen LogP contribution is -2.37. The summed E-state index contributed by atoms with van der Waals surface area (Å²) in [5.74, 6) is 0. The summed E-state index contributed by atoms with van der Waals surface area (Å²) < 4.78 is 0. The van der Waals surface area contributed by atoms with Gasteiger partial charge in [0.25, 0.3) is 0 Å². The van der Waals surface area contributed by atoms with E-state index in [-0.39, 0.29) is 5.54 Å². The van der Waals surface area contributed by atoms with E-state index in [1.165, 1.54) is 0 Å². The second-order valence-electron chi connectivity index (χ2n) is 5.77. The minimum absolute atomic E-state index is 0.203. The monoisotopic (exact) mass is 302 g/mol. The molecule has 2 nitrogen and oxygen atoms in total. The van der Waals surface area contributed by atoms with Crippen LogP contribution >= 0.6 is 23.2 Å². The van der Waals surface area contributed by atoms with Gasteiger partial charge in [-0.05, 0) is 77.0 Å². The summed E-state index contributed by atoms with van der Waals surface area (Å²) in [4.78, 5) is 0. The van der Waals surface area contributed by atoms with Crippen molar-refractivity contribution in [2.75, 3.05) is 19.6 Å². The first-order valence-electron chi connectivity index (χ1n) is 6.78. The van der Waals surface area contributed by atoms with Crippen LogP contribution in [-0.4, -0.2) is 25.2 Å². The maximum absolute atomic E-state index is 6.11. The van der Waals surface area contributed by atoms with Gasteiger partial charge in [0, 0.05) is 15.6 Å². The van der Waals surface area contributed by atoms with Gasteiger partial charge in [-0.2, -0.15) is 0 Å². The fourth-order valence-corrected chi connectivity index (χ4v) is 2.17. The Morgan fingerprint density at radius 3 is 2.47 bits per heavy atom. The normalized spacial score (nSPS) is 11.8. The Kier molecular flexibility index (Phi) is 7.16. The summed E-state index contributed by atoms with van der Waals surface area (Å²) in [6.45, 7) is 9.52. The van der Waals surface area contributed by atoms with E-state index >= 15 is 0 Å². The van der Waals surface area contributed by atoms with Gasteiger partial charge in [0.1, 0.15) is 0 Å². The lowest BCUT2D eigenvalue weighted by molar-refractivity contribution is 0.419. The van der Waals surface area contributed by atoms with Crippen molar-refractivity contribution in [1.82, 2.24) is 10.6 Å². The Balaban J connectivity index is 2.12. The molecule has 1 aromatic rings. The zero-order valence-electron chi connectivity index (χ0n) is 12.0. The van der Waals surface area contributed by atoms with Crippen LogP contribution in [0.4, 0.5) is 0 Å². The largest absolute Gasteiger partial charge is 0.316 e. The highest BCUT2D eigenvalue weighted by molar-refractivity contribution is 6.33. The minimum Gasteiger partial charge on any atom is -0.316 e. The summed E-state index contributed by atoms with van der Waals surface area (Å²) in [5.41, 5.74) is 1.31. The van der Waals surface area contributed by atoms with Gasteiger partial charge in [-0.15, -0.1) is 0 Å². The van der Waals surface area contributed by atoms with Crippen molar-refractivity contribution >= 4 is 23.2 Å². The van der Waals surface area contributed by atoms with Crippen LogP contribution in [0.5, 0.6) is 0 Å². The molecule has 0 saturated carbocycles. The maximum atomic E-state index is 6.11. The first kappa shape index (κ1) is 16.8. The molecule has 0 aliphatic heterocycles. The van der Waals surface area contributed by atoms with E-state index in [0.717, 1.165) is 48.1 Å². The number of nitrogens with one attached hydrogen (secondary N) is 2. The van der Waals surface area contributed by atoms with Gasteiger partial charge in [0.15, 0.2) is 0 Å². The van der Waals surface area contributed by atoms with Crippen LogP contribution in [0.25, 0.3) is 0 Å². The average Bonchev–Trinajstić information content (AvgIpc) is 2.31. The first-order chi connectivity index (χ1) is 8.88. The fraction of sp³-hybridized carbons (Fsp3) is 0.600. The zero-order chi connectivity index (χ0) is 14.3. The third-order valence-electron chi connectivity index (χ3n) is 2.76. The molecule has 0 fully saturated rings. The van der Waals surface area contributed by atoms with Crippen LogP contribution in [0, 0.1) is 0 Å². The average molecular weight is 303 g/mol. The standard InChI is InChI=1S/C15H24Cl2N2/c1-15(2,3)19-9-4-8-18-10-7-12-11-13(16)5-6-14(12)17/h5-6,11,18-19H,4,7-10H2,1-3H3. The molecule has 19 heavy (non-hydrogen) atoms. The third kappa shape index (κ3) is 7.78. The van der Waals surface area contributed by atoms with Crippen molar-refractivity contribution in [3.63, 3.8) is 0 Å². The number of halogens is 2. The summed E-state index contributed by atoms with van der Waals surface area (Å²) in [6, 6.07) is 5.61. The highest BCUT2D eigenvalue weighted by atomic mass is 35.5. The number of rotatable bonds is 7. The van der Waals surface area contributed by atoms with Gasteiger partial charge in [-0.25, -0.2) is 0 Å². The molecule has 0 aliphatic rings. The van der Waals surface area contributed by atoms with Crippen molar-refractivity contribution < 1.29 is 0 Å². The molecule has 0 unspecified atom stereocenters. The van der Waals surface area contributed by atoms with Crippen LogP contribution in [0.1, 0.15) is 32.8 Å². The molecule has 0 saturated heterocycles. The lowest BCUT2D eigenvalue weighted by Gasteiger charge is -2.20. The SMILES string of the molecule is CC(C)(C)NCCCNCCc1cc(Cl)ccc1Cl. The third-order valence-corrected chi connectivity index (χ3v) is 3.37. The van der Waals surface area contributed by atoms with Gasteiger partial charge in [0.05, 0.1) is 0 Å². The molecule has 1 aromatic carbocycles. The smallest absolute Gasteiger partial charge is 0.0439 e. The first-order valence-corrected chi connectivity index (χ1v) is 7.54. The van der Waals surface area contributed by atoms with E-state index in [0.29, 0.717) is 0 Å². The molecule has 0 bridgehead atoms. The predicted octanol–water partition coefficient (Wildman–Crippen LogP) is 3.90. The summed E-state index contributed by atoms with van der Waals surface area (Å²) in [5, 5.41) is 8.43. The molecule has 0 heterocycles. The van der Waals surface area contributed by atoms with Crippen LogP contribution < -0.4 is 10.6 Å². The molecular formula is C15H24Cl2N2. The topological polar surface area (TPSA) is 24.1 Å². The molecule has 1 rings (SSSR count). The van der Waals surface area contributed by atoms with Gasteiger partial charge in [-0.1, -0.05) is 23.2 Å². The molecule has 0 radical (unpaired) electrons. The molecule has 108 valence electrons. The second kappa shape index (κ2) is 8.11. The molecule has 2 N–H and O–H groups in total. The van der Waals surface area contributed by atoms with E-state index in [9.17, 15) is 0 Å². The van der Waals surface area contributed by atoms with E-state index < -0.39 is 0 Å². The zero-order valence-corrected chi connectivity index (χ0v) is 13.5. The number of hydrogen-bond donors (Lipinski definition) is 2. The molecule has 0 atom stereocenters. The van der Waals surface area contributed by atoms with Crippen molar-refractivity contribution in [2.45, 2.75) is 39.2 Å². The van der Waals surface area contributed by atoms with Gasteiger partial charge in [0.2, 0.25) is 0 Å². The molecular weight excluding hydrogens is 279 g/mol. The molecule has 0 amide bonds.